The predicted molar refractivity (Wildman–Crippen MR) is 65.1 cm³/mol. The number of hydrogen-bond acceptors (Lipinski definition) is 2. The first-order valence-electron chi connectivity index (χ1n) is 5.76. The van der Waals surface area contributed by atoms with Crippen LogP contribution in [0.3, 0.4) is 0 Å². The molecule has 1 aliphatic carbocycles. The molecule has 1 aromatic heterocycles. The summed E-state index contributed by atoms with van der Waals surface area (Å²) < 4.78 is 0. The Kier molecular flexibility index (Phi) is 2.17. The maximum atomic E-state index is 5.89. The topological polar surface area (TPSA) is 54.7 Å². The summed E-state index contributed by atoms with van der Waals surface area (Å²) in [6.07, 6.45) is 6.76. The lowest BCUT2D eigenvalue weighted by Crippen LogP contribution is -2.04. The van der Waals surface area contributed by atoms with E-state index < -0.39 is 0 Å². The van der Waals surface area contributed by atoms with Crippen molar-refractivity contribution in [3.63, 3.8) is 0 Å². The number of nitrogens with one attached hydrogen (secondary N) is 1. The molecule has 3 N–H and O–H groups in total. The number of aromatic amines is 1. The molecule has 0 saturated carbocycles. The van der Waals surface area contributed by atoms with E-state index in [1.54, 1.807) is 0 Å². The molecule has 1 aliphatic rings. The fraction of sp³-hybridized carbons (Fsp3) is 0.308. The maximum absolute atomic E-state index is 5.89. The molecular weight excluding hydrogens is 198 g/mol. The average Bonchev–Trinajstić information content (AvgIpc) is 2.75. The minimum atomic E-state index is 0.666. The van der Waals surface area contributed by atoms with E-state index in [1.165, 1.54) is 36.0 Å². The lowest BCUT2D eigenvalue weighted by Gasteiger charge is -2.18. The number of nitrogens with zero attached hydrogens (tertiary/aromatic N) is 1. The van der Waals surface area contributed by atoms with Crippen LogP contribution in [0.15, 0.2) is 24.4 Å². The molecule has 3 heteroatoms. The molecule has 2 aromatic rings. The molecule has 0 unspecified atom stereocenters. The molecule has 16 heavy (non-hydrogen) atoms. The third-order valence-electron chi connectivity index (χ3n) is 3.35. The van der Waals surface area contributed by atoms with Crippen LogP contribution in [0.4, 0.5) is 5.82 Å². The highest BCUT2D eigenvalue weighted by atomic mass is 15.1. The first-order chi connectivity index (χ1) is 7.86. The Bertz CT molecular complexity index is 514. The van der Waals surface area contributed by atoms with Crippen LogP contribution in [-0.4, -0.2) is 10.2 Å². The highest BCUT2D eigenvalue weighted by Gasteiger charge is 2.15. The van der Waals surface area contributed by atoms with Crippen LogP contribution in [0.5, 0.6) is 0 Å². The molecule has 0 aliphatic heterocycles. The van der Waals surface area contributed by atoms with E-state index >= 15 is 0 Å². The second kappa shape index (κ2) is 3.67. The summed E-state index contributed by atoms with van der Waals surface area (Å²) in [5.74, 6) is 0.666. The summed E-state index contributed by atoms with van der Waals surface area (Å²) >= 11 is 0. The third-order valence-corrected chi connectivity index (χ3v) is 3.35. The zero-order valence-electron chi connectivity index (χ0n) is 9.16. The smallest absolute Gasteiger partial charge is 0.126 e. The van der Waals surface area contributed by atoms with Crippen LogP contribution in [0.2, 0.25) is 0 Å². The zero-order chi connectivity index (χ0) is 11.0. The van der Waals surface area contributed by atoms with Gasteiger partial charge in [-0.1, -0.05) is 18.2 Å². The van der Waals surface area contributed by atoms with Crippen molar-refractivity contribution in [2.75, 3.05) is 5.73 Å². The van der Waals surface area contributed by atoms with Gasteiger partial charge in [-0.05, 0) is 42.4 Å². The number of benzene rings is 1. The average molecular weight is 213 g/mol. The Balaban J connectivity index is 2.18. The largest absolute Gasteiger partial charge is 0.384 e. The number of nitrogens with two attached hydrogens (primary N) is 1. The molecule has 1 heterocycles. The number of aromatic nitrogens is 2. The lowest BCUT2D eigenvalue weighted by atomic mass is 9.86. The molecule has 1 aromatic carbocycles. The number of aryl methyl sites for hydroxylation is 1. The summed E-state index contributed by atoms with van der Waals surface area (Å²) in [7, 11) is 0. The van der Waals surface area contributed by atoms with Crippen LogP contribution in [0.1, 0.15) is 24.0 Å². The first kappa shape index (κ1) is 9.46. The SMILES string of the molecule is Nc1[nH]ncc1-c1cccc2c1CCCC2. The molecule has 3 rings (SSSR count). The Morgan fingerprint density at radius 2 is 2.00 bits per heavy atom. The van der Waals surface area contributed by atoms with Gasteiger partial charge < -0.3 is 5.73 Å². The van der Waals surface area contributed by atoms with Crippen LogP contribution in [0.25, 0.3) is 11.1 Å². The predicted octanol–water partition coefficient (Wildman–Crippen LogP) is 2.54. The van der Waals surface area contributed by atoms with Gasteiger partial charge in [0.25, 0.3) is 0 Å². The minimum Gasteiger partial charge on any atom is -0.384 e. The van der Waals surface area contributed by atoms with Gasteiger partial charge in [-0.3, -0.25) is 5.10 Å². The van der Waals surface area contributed by atoms with Crippen LogP contribution >= 0.6 is 0 Å². The van der Waals surface area contributed by atoms with Crippen molar-refractivity contribution >= 4 is 5.82 Å². The molecule has 0 saturated heterocycles. The van der Waals surface area contributed by atoms with Crippen molar-refractivity contribution in [1.29, 1.82) is 0 Å². The number of H-pyrrole nitrogens is 1. The Hall–Kier alpha value is -1.77. The van der Waals surface area contributed by atoms with Gasteiger partial charge >= 0.3 is 0 Å². The van der Waals surface area contributed by atoms with E-state index in [9.17, 15) is 0 Å². The van der Waals surface area contributed by atoms with Crippen molar-refractivity contribution in [3.8, 4) is 11.1 Å². The number of nitrogen functional groups attached to an aromatic ring is 1. The van der Waals surface area contributed by atoms with Crippen molar-refractivity contribution in [1.82, 2.24) is 10.2 Å². The summed E-state index contributed by atoms with van der Waals surface area (Å²) in [4.78, 5) is 0. The van der Waals surface area contributed by atoms with Gasteiger partial charge in [0.2, 0.25) is 0 Å². The summed E-state index contributed by atoms with van der Waals surface area (Å²) in [6.45, 7) is 0. The van der Waals surface area contributed by atoms with Crippen LogP contribution in [-0.2, 0) is 12.8 Å². The van der Waals surface area contributed by atoms with Crippen molar-refractivity contribution in [2.45, 2.75) is 25.7 Å². The van der Waals surface area contributed by atoms with Gasteiger partial charge in [-0.2, -0.15) is 5.10 Å². The van der Waals surface area contributed by atoms with Crippen molar-refractivity contribution < 1.29 is 0 Å². The molecule has 82 valence electrons. The van der Waals surface area contributed by atoms with Gasteiger partial charge in [-0.25, -0.2) is 0 Å². The molecule has 0 bridgehead atoms. The second-order valence-corrected chi connectivity index (χ2v) is 4.35. The van der Waals surface area contributed by atoms with Crippen molar-refractivity contribution in [2.24, 2.45) is 0 Å². The Morgan fingerprint density at radius 3 is 2.81 bits per heavy atom. The molecule has 0 atom stereocenters. The Morgan fingerprint density at radius 1 is 1.12 bits per heavy atom. The Labute approximate surface area is 94.7 Å². The highest BCUT2D eigenvalue weighted by molar-refractivity contribution is 5.76. The number of anilines is 1. The minimum absolute atomic E-state index is 0.666. The lowest BCUT2D eigenvalue weighted by molar-refractivity contribution is 0.687. The van der Waals surface area contributed by atoms with E-state index in [0.29, 0.717) is 5.82 Å². The zero-order valence-corrected chi connectivity index (χ0v) is 9.16. The first-order valence-corrected chi connectivity index (χ1v) is 5.76. The summed E-state index contributed by atoms with van der Waals surface area (Å²) in [5.41, 5.74) is 11.1. The van der Waals surface area contributed by atoms with Gasteiger partial charge in [0.1, 0.15) is 5.82 Å². The number of hydrogen-bond donors (Lipinski definition) is 2. The van der Waals surface area contributed by atoms with E-state index in [2.05, 4.69) is 28.4 Å². The van der Waals surface area contributed by atoms with Gasteiger partial charge in [0.15, 0.2) is 0 Å². The van der Waals surface area contributed by atoms with E-state index in [0.717, 1.165) is 12.0 Å². The molecule has 0 radical (unpaired) electrons. The fourth-order valence-corrected chi connectivity index (χ4v) is 2.54. The number of rotatable bonds is 1. The molecule has 0 amide bonds. The second-order valence-electron chi connectivity index (χ2n) is 4.35. The fourth-order valence-electron chi connectivity index (χ4n) is 2.54. The van der Waals surface area contributed by atoms with Crippen LogP contribution in [0, 0.1) is 0 Å². The molecule has 0 spiro atoms. The van der Waals surface area contributed by atoms with Crippen molar-refractivity contribution in [3.05, 3.63) is 35.5 Å². The number of fused-ring (bicyclic) bond motifs is 1. The quantitative estimate of drug-likeness (QED) is 0.764. The molecule has 3 nitrogen and oxygen atoms in total. The van der Waals surface area contributed by atoms with E-state index in [4.69, 9.17) is 5.73 Å². The summed E-state index contributed by atoms with van der Waals surface area (Å²) in [6, 6.07) is 6.49. The monoisotopic (exact) mass is 213 g/mol. The third kappa shape index (κ3) is 1.40. The summed E-state index contributed by atoms with van der Waals surface area (Å²) in [5, 5.41) is 6.80. The van der Waals surface area contributed by atoms with E-state index in [1.807, 2.05) is 6.20 Å². The van der Waals surface area contributed by atoms with Gasteiger partial charge in [0, 0.05) is 5.56 Å². The van der Waals surface area contributed by atoms with Crippen LogP contribution < -0.4 is 5.73 Å². The normalized spacial score (nSPS) is 14.8. The molecular formula is C13H15N3. The highest BCUT2D eigenvalue weighted by Crippen LogP contribution is 2.33. The van der Waals surface area contributed by atoms with E-state index in [-0.39, 0.29) is 0 Å². The standard InChI is InChI=1S/C13H15N3/c14-13-12(8-15-16-13)11-7-3-5-9-4-1-2-6-10(9)11/h3,5,7-8H,1-2,4,6H2,(H3,14,15,16). The van der Waals surface area contributed by atoms with Gasteiger partial charge in [0.05, 0.1) is 6.20 Å². The van der Waals surface area contributed by atoms with Gasteiger partial charge in [-0.15, -0.1) is 0 Å². The molecule has 0 fully saturated rings. The maximum Gasteiger partial charge on any atom is 0.126 e.